The summed E-state index contributed by atoms with van der Waals surface area (Å²) < 4.78 is 18.8. The Labute approximate surface area is 158 Å². The zero-order valence-electron chi connectivity index (χ0n) is 15.7. The SMILES string of the molecule is Cc1cc(C)c2c(CC(=O)N3CCN(c4ccc(F)cc4)CC3)coc2c1. The number of furan rings is 1. The van der Waals surface area contributed by atoms with Crippen LogP contribution in [0.4, 0.5) is 10.1 Å². The van der Waals surface area contributed by atoms with E-state index >= 15 is 0 Å². The summed E-state index contributed by atoms with van der Waals surface area (Å²) in [6.45, 7) is 6.94. The quantitative estimate of drug-likeness (QED) is 0.701. The molecule has 2 heterocycles. The Morgan fingerprint density at radius 3 is 2.48 bits per heavy atom. The van der Waals surface area contributed by atoms with Crippen molar-refractivity contribution in [2.45, 2.75) is 20.3 Å². The van der Waals surface area contributed by atoms with Gasteiger partial charge in [-0.15, -0.1) is 0 Å². The first-order valence-corrected chi connectivity index (χ1v) is 9.27. The molecule has 2 aromatic carbocycles. The molecule has 0 bridgehead atoms. The van der Waals surface area contributed by atoms with Crippen molar-refractivity contribution in [1.29, 1.82) is 0 Å². The monoisotopic (exact) mass is 366 g/mol. The molecule has 140 valence electrons. The van der Waals surface area contributed by atoms with Gasteiger partial charge in [-0.3, -0.25) is 4.79 Å². The van der Waals surface area contributed by atoms with Crippen molar-refractivity contribution >= 4 is 22.6 Å². The van der Waals surface area contributed by atoms with Gasteiger partial charge in [-0.05, 0) is 55.3 Å². The standard InChI is InChI=1S/C22H23FN2O2/c1-15-11-16(2)22-17(14-27-20(22)12-15)13-21(26)25-9-7-24(8-10-25)19-5-3-18(23)4-6-19/h3-6,11-12,14H,7-10,13H2,1-2H3. The molecule has 0 radical (unpaired) electrons. The Bertz CT molecular complexity index is 970. The molecule has 5 heteroatoms. The molecule has 0 spiro atoms. The van der Waals surface area contributed by atoms with Crippen LogP contribution in [0.1, 0.15) is 16.7 Å². The van der Waals surface area contributed by atoms with E-state index in [2.05, 4.69) is 17.9 Å². The lowest BCUT2D eigenvalue weighted by atomic mass is 10.0. The summed E-state index contributed by atoms with van der Waals surface area (Å²) >= 11 is 0. The van der Waals surface area contributed by atoms with Crippen molar-refractivity contribution < 1.29 is 13.6 Å². The summed E-state index contributed by atoms with van der Waals surface area (Å²) in [6.07, 6.45) is 2.07. The third kappa shape index (κ3) is 3.54. The van der Waals surface area contributed by atoms with Crippen LogP contribution >= 0.6 is 0 Å². The maximum atomic E-state index is 13.1. The van der Waals surface area contributed by atoms with Crippen molar-refractivity contribution in [3.8, 4) is 0 Å². The van der Waals surface area contributed by atoms with E-state index in [0.717, 1.165) is 46.4 Å². The molecule has 4 nitrogen and oxygen atoms in total. The second kappa shape index (κ2) is 7.06. The predicted molar refractivity (Wildman–Crippen MR) is 105 cm³/mol. The molecule has 1 aliphatic rings. The van der Waals surface area contributed by atoms with Gasteiger partial charge in [0.15, 0.2) is 0 Å². The fraction of sp³-hybridized carbons (Fsp3) is 0.318. The number of benzene rings is 2. The van der Waals surface area contributed by atoms with E-state index < -0.39 is 0 Å². The Morgan fingerprint density at radius 2 is 1.78 bits per heavy atom. The van der Waals surface area contributed by atoms with Gasteiger partial charge in [0, 0.05) is 42.8 Å². The van der Waals surface area contributed by atoms with Gasteiger partial charge in [-0.1, -0.05) is 6.07 Å². The van der Waals surface area contributed by atoms with Crippen LogP contribution in [0, 0.1) is 19.7 Å². The predicted octanol–water partition coefficient (Wildman–Crippen LogP) is 4.08. The van der Waals surface area contributed by atoms with Crippen LogP contribution in [-0.4, -0.2) is 37.0 Å². The number of amides is 1. The number of nitrogens with zero attached hydrogens (tertiary/aromatic N) is 2. The van der Waals surface area contributed by atoms with E-state index in [1.807, 2.05) is 17.9 Å². The molecule has 0 aliphatic carbocycles. The number of carbonyl (C=O) groups is 1. The van der Waals surface area contributed by atoms with Gasteiger partial charge < -0.3 is 14.2 Å². The number of aryl methyl sites for hydroxylation is 2. The van der Waals surface area contributed by atoms with Gasteiger partial charge in [-0.2, -0.15) is 0 Å². The maximum Gasteiger partial charge on any atom is 0.227 e. The Kier molecular flexibility index (Phi) is 4.60. The molecule has 1 aliphatic heterocycles. The minimum Gasteiger partial charge on any atom is -0.464 e. The van der Waals surface area contributed by atoms with E-state index in [0.29, 0.717) is 19.5 Å². The lowest BCUT2D eigenvalue weighted by molar-refractivity contribution is -0.130. The summed E-state index contributed by atoms with van der Waals surface area (Å²) in [4.78, 5) is 16.9. The number of carbonyl (C=O) groups excluding carboxylic acids is 1. The first-order chi connectivity index (χ1) is 13.0. The molecule has 4 rings (SSSR count). The van der Waals surface area contributed by atoms with Crippen LogP contribution in [0.2, 0.25) is 0 Å². The van der Waals surface area contributed by atoms with Gasteiger partial charge in [-0.25, -0.2) is 4.39 Å². The van der Waals surface area contributed by atoms with Crippen LogP contribution in [-0.2, 0) is 11.2 Å². The molecule has 27 heavy (non-hydrogen) atoms. The van der Waals surface area contributed by atoms with E-state index in [9.17, 15) is 9.18 Å². The Hall–Kier alpha value is -2.82. The van der Waals surface area contributed by atoms with Crippen molar-refractivity contribution in [2.75, 3.05) is 31.1 Å². The number of piperazine rings is 1. The minimum atomic E-state index is -0.231. The maximum absolute atomic E-state index is 13.1. The summed E-state index contributed by atoms with van der Waals surface area (Å²) in [5.74, 6) is -0.109. The van der Waals surface area contributed by atoms with Crippen LogP contribution in [0.3, 0.4) is 0 Å². The zero-order chi connectivity index (χ0) is 19.0. The van der Waals surface area contributed by atoms with Crippen molar-refractivity contribution in [2.24, 2.45) is 0 Å². The van der Waals surface area contributed by atoms with E-state index in [1.165, 1.54) is 12.1 Å². The van der Waals surface area contributed by atoms with E-state index in [1.54, 1.807) is 18.4 Å². The summed E-state index contributed by atoms with van der Waals surface area (Å²) in [5, 5.41) is 1.05. The lowest BCUT2D eigenvalue weighted by Crippen LogP contribution is -2.49. The van der Waals surface area contributed by atoms with Crippen LogP contribution in [0.25, 0.3) is 11.0 Å². The molecule has 3 aromatic rings. The van der Waals surface area contributed by atoms with Crippen molar-refractivity contribution in [1.82, 2.24) is 4.90 Å². The molecule has 0 unspecified atom stereocenters. The number of anilines is 1. The highest BCUT2D eigenvalue weighted by Gasteiger charge is 2.23. The fourth-order valence-electron chi connectivity index (χ4n) is 3.90. The van der Waals surface area contributed by atoms with Crippen LogP contribution in [0.5, 0.6) is 0 Å². The molecular formula is C22H23FN2O2. The van der Waals surface area contributed by atoms with Gasteiger partial charge in [0.2, 0.25) is 5.91 Å². The van der Waals surface area contributed by atoms with Crippen LogP contribution in [0.15, 0.2) is 47.1 Å². The molecular weight excluding hydrogens is 343 g/mol. The normalized spacial score (nSPS) is 14.8. The summed E-state index contributed by atoms with van der Waals surface area (Å²) in [7, 11) is 0. The number of halogens is 1. The van der Waals surface area contributed by atoms with Crippen molar-refractivity contribution in [3.63, 3.8) is 0 Å². The molecule has 0 atom stereocenters. The minimum absolute atomic E-state index is 0.122. The molecule has 1 amide bonds. The average molecular weight is 366 g/mol. The molecule has 1 fully saturated rings. The fourth-order valence-corrected chi connectivity index (χ4v) is 3.90. The summed E-state index contributed by atoms with van der Waals surface area (Å²) in [6, 6.07) is 10.7. The third-order valence-corrected chi connectivity index (χ3v) is 5.26. The van der Waals surface area contributed by atoms with Crippen molar-refractivity contribution in [3.05, 3.63) is 65.2 Å². The Morgan fingerprint density at radius 1 is 1.07 bits per heavy atom. The highest BCUT2D eigenvalue weighted by Crippen LogP contribution is 2.27. The van der Waals surface area contributed by atoms with Crippen LogP contribution < -0.4 is 4.90 Å². The second-order valence-electron chi connectivity index (χ2n) is 7.24. The lowest BCUT2D eigenvalue weighted by Gasteiger charge is -2.36. The number of fused-ring (bicyclic) bond motifs is 1. The number of hydrogen-bond acceptors (Lipinski definition) is 3. The van der Waals surface area contributed by atoms with Gasteiger partial charge >= 0.3 is 0 Å². The third-order valence-electron chi connectivity index (χ3n) is 5.26. The number of rotatable bonds is 3. The average Bonchev–Trinajstić information content (AvgIpc) is 3.05. The zero-order valence-corrected chi connectivity index (χ0v) is 15.7. The summed E-state index contributed by atoms with van der Waals surface area (Å²) in [5.41, 5.74) is 5.09. The largest absolute Gasteiger partial charge is 0.464 e. The number of hydrogen-bond donors (Lipinski definition) is 0. The molecule has 0 N–H and O–H groups in total. The second-order valence-corrected chi connectivity index (χ2v) is 7.24. The first-order valence-electron chi connectivity index (χ1n) is 9.27. The molecule has 1 aromatic heterocycles. The molecule has 1 saturated heterocycles. The van der Waals surface area contributed by atoms with E-state index in [-0.39, 0.29) is 11.7 Å². The first kappa shape index (κ1) is 17.6. The topological polar surface area (TPSA) is 36.7 Å². The molecule has 0 saturated carbocycles. The van der Waals surface area contributed by atoms with Gasteiger partial charge in [0.25, 0.3) is 0 Å². The van der Waals surface area contributed by atoms with Gasteiger partial charge in [0.1, 0.15) is 11.4 Å². The highest BCUT2D eigenvalue weighted by atomic mass is 19.1. The smallest absolute Gasteiger partial charge is 0.227 e. The van der Waals surface area contributed by atoms with Gasteiger partial charge in [0.05, 0.1) is 12.7 Å². The van der Waals surface area contributed by atoms with E-state index in [4.69, 9.17) is 4.42 Å². The Balaban J connectivity index is 1.42. The highest BCUT2D eigenvalue weighted by molar-refractivity contribution is 5.90.